The first kappa shape index (κ1) is 13.2. The third-order valence-electron chi connectivity index (χ3n) is 3.00. The third kappa shape index (κ3) is 2.61. The summed E-state index contributed by atoms with van der Waals surface area (Å²) in [4.78, 5) is 0. The van der Waals surface area contributed by atoms with Gasteiger partial charge in [-0.1, -0.05) is 12.1 Å². The first-order valence-corrected chi connectivity index (χ1v) is 5.40. The van der Waals surface area contributed by atoms with Gasteiger partial charge in [-0.15, -0.1) is 0 Å². The summed E-state index contributed by atoms with van der Waals surface area (Å²) >= 11 is 0. The molecule has 0 aliphatic rings. The summed E-state index contributed by atoms with van der Waals surface area (Å²) < 4.78 is 10.4. The van der Waals surface area contributed by atoms with Crippen molar-refractivity contribution in [2.75, 3.05) is 14.2 Å². The summed E-state index contributed by atoms with van der Waals surface area (Å²) in [5, 5.41) is 0. The van der Waals surface area contributed by atoms with Crippen LogP contribution in [0.3, 0.4) is 0 Å². The number of aryl methyl sites for hydroxylation is 3. The van der Waals surface area contributed by atoms with E-state index in [4.69, 9.17) is 15.2 Å². The molecule has 0 spiro atoms. The molecule has 0 heterocycles. The zero-order valence-electron chi connectivity index (χ0n) is 10.7. The average molecular weight is 223 g/mol. The van der Waals surface area contributed by atoms with Crippen molar-refractivity contribution in [3.05, 3.63) is 34.4 Å². The molecule has 0 saturated heterocycles. The van der Waals surface area contributed by atoms with Crippen molar-refractivity contribution in [3.63, 3.8) is 0 Å². The Morgan fingerprint density at radius 2 is 1.44 bits per heavy atom. The van der Waals surface area contributed by atoms with Gasteiger partial charge in [0.1, 0.15) is 0 Å². The third-order valence-corrected chi connectivity index (χ3v) is 3.00. The van der Waals surface area contributed by atoms with Crippen LogP contribution in [-0.4, -0.2) is 20.5 Å². The number of methoxy groups -OCH3 is 2. The monoisotopic (exact) mass is 223 g/mol. The number of hydrogen-bond acceptors (Lipinski definition) is 3. The minimum atomic E-state index is -0.402. The number of hydrogen-bond donors (Lipinski definition) is 1. The van der Waals surface area contributed by atoms with Gasteiger partial charge in [0, 0.05) is 14.2 Å². The first-order valence-electron chi connectivity index (χ1n) is 5.40. The van der Waals surface area contributed by atoms with Crippen LogP contribution in [0, 0.1) is 20.8 Å². The van der Waals surface area contributed by atoms with Gasteiger partial charge in [0.15, 0.2) is 6.29 Å². The van der Waals surface area contributed by atoms with Crippen LogP contribution < -0.4 is 5.73 Å². The predicted octanol–water partition coefficient (Wildman–Crippen LogP) is 2.23. The molecule has 90 valence electrons. The van der Waals surface area contributed by atoms with Crippen LogP contribution in [-0.2, 0) is 9.47 Å². The molecule has 0 aromatic heterocycles. The molecule has 3 heteroatoms. The molecule has 0 saturated carbocycles. The molecule has 3 nitrogen and oxygen atoms in total. The minimum absolute atomic E-state index is 0.255. The average Bonchev–Trinajstić information content (AvgIpc) is 2.25. The molecule has 1 atom stereocenters. The van der Waals surface area contributed by atoms with E-state index in [1.54, 1.807) is 14.2 Å². The van der Waals surface area contributed by atoms with Gasteiger partial charge >= 0.3 is 0 Å². The Bertz CT molecular complexity index is 359. The molecule has 0 radical (unpaired) electrons. The SMILES string of the molecule is COC(OC)C(N)c1cc(C)c(C)cc1C. The van der Waals surface area contributed by atoms with Gasteiger partial charge in [-0.2, -0.15) is 0 Å². The second-order valence-corrected chi connectivity index (χ2v) is 4.16. The molecule has 1 aromatic rings. The summed E-state index contributed by atoms with van der Waals surface area (Å²) in [7, 11) is 3.20. The van der Waals surface area contributed by atoms with Crippen molar-refractivity contribution in [3.8, 4) is 0 Å². The molecule has 0 bridgehead atoms. The van der Waals surface area contributed by atoms with E-state index in [1.165, 1.54) is 16.7 Å². The summed E-state index contributed by atoms with van der Waals surface area (Å²) in [6.07, 6.45) is -0.402. The van der Waals surface area contributed by atoms with Gasteiger partial charge in [-0.25, -0.2) is 0 Å². The normalized spacial score (nSPS) is 13.2. The minimum Gasteiger partial charge on any atom is -0.354 e. The maximum atomic E-state index is 6.13. The van der Waals surface area contributed by atoms with Gasteiger partial charge in [0.25, 0.3) is 0 Å². The van der Waals surface area contributed by atoms with Crippen molar-refractivity contribution in [2.24, 2.45) is 5.73 Å². The van der Waals surface area contributed by atoms with E-state index >= 15 is 0 Å². The number of nitrogens with two attached hydrogens (primary N) is 1. The lowest BCUT2D eigenvalue weighted by molar-refractivity contribution is -0.117. The van der Waals surface area contributed by atoms with Crippen LogP contribution in [0.2, 0.25) is 0 Å². The lowest BCUT2D eigenvalue weighted by atomic mass is 9.96. The van der Waals surface area contributed by atoms with Crippen molar-refractivity contribution >= 4 is 0 Å². The maximum Gasteiger partial charge on any atom is 0.176 e. The highest BCUT2D eigenvalue weighted by molar-refractivity contribution is 5.38. The van der Waals surface area contributed by atoms with E-state index in [0.29, 0.717) is 0 Å². The van der Waals surface area contributed by atoms with Crippen LogP contribution in [0.1, 0.15) is 28.3 Å². The molecular formula is C13H21NO2. The lowest BCUT2D eigenvalue weighted by Gasteiger charge is -2.23. The Morgan fingerprint density at radius 3 is 1.94 bits per heavy atom. The highest BCUT2D eigenvalue weighted by atomic mass is 16.7. The van der Waals surface area contributed by atoms with E-state index in [-0.39, 0.29) is 6.04 Å². The van der Waals surface area contributed by atoms with E-state index in [1.807, 2.05) is 0 Å². The molecule has 0 aliphatic carbocycles. The Morgan fingerprint density at radius 1 is 0.938 bits per heavy atom. The number of ether oxygens (including phenoxy) is 2. The second-order valence-electron chi connectivity index (χ2n) is 4.16. The van der Waals surface area contributed by atoms with Gasteiger partial charge in [0.2, 0.25) is 0 Å². The Balaban J connectivity index is 3.07. The molecule has 0 amide bonds. The number of benzene rings is 1. The van der Waals surface area contributed by atoms with Crippen molar-refractivity contribution in [2.45, 2.75) is 33.1 Å². The first-order chi connectivity index (χ1) is 7.51. The largest absolute Gasteiger partial charge is 0.354 e. The van der Waals surface area contributed by atoms with Crippen LogP contribution in [0.15, 0.2) is 12.1 Å². The highest BCUT2D eigenvalue weighted by Crippen LogP contribution is 2.23. The van der Waals surface area contributed by atoms with Crippen LogP contribution >= 0.6 is 0 Å². The molecule has 1 rings (SSSR count). The van der Waals surface area contributed by atoms with Crippen LogP contribution in [0.25, 0.3) is 0 Å². The zero-order chi connectivity index (χ0) is 12.3. The lowest BCUT2D eigenvalue weighted by Crippen LogP contribution is -2.30. The molecule has 1 unspecified atom stereocenters. The fourth-order valence-corrected chi connectivity index (χ4v) is 1.88. The van der Waals surface area contributed by atoms with Crippen molar-refractivity contribution in [1.29, 1.82) is 0 Å². The zero-order valence-corrected chi connectivity index (χ0v) is 10.7. The summed E-state index contributed by atoms with van der Waals surface area (Å²) in [5.41, 5.74) is 10.9. The van der Waals surface area contributed by atoms with Gasteiger partial charge in [-0.05, 0) is 43.0 Å². The smallest absolute Gasteiger partial charge is 0.176 e. The van der Waals surface area contributed by atoms with E-state index in [0.717, 1.165) is 5.56 Å². The molecule has 2 N–H and O–H groups in total. The highest BCUT2D eigenvalue weighted by Gasteiger charge is 2.20. The van der Waals surface area contributed by atoms with E-state index in [2.05, 4.69) is 32.9 Å². The summed E-state index contributed by atoms with van der Waals surface area (Å²) in [5.74, 6) is 0. The quantitative estimate of drug-likeness (QED) is 0.796. The standard InChI is InChI=1S/C13H21NO2/c1-8-6-10(3)11(7-9(8)2)12(14)13(15-4)16-5/h6-7,12-13H,14H2,1-5H3. The van der Waals surface area contributed by atoms with E-state index in [9.17, 15) is 0 Å². The second kappa shape index (κ2) is 5.43. The maximum absolute atomic E-state index is 6.13. The molecule has 0 aliphatic heterocycles. The van der Waals surface area contributed by atoms with Crippen molar-refractivity contribution in [1.82, 2.24) is 0 Å². The predicted molar refractivity (Wildman–Crippen MR) is 65.4 cm³/mol. The van der Waals surface area contributed by atoms with E-state index < -0.39 is 6.29 Å². The molecule has 1 aromatic carbocycles. The van der Waals surface area contributed by atoms with Crippen LogP contribution in [0.5, 0.6) is 0 Å². The van der Waals surface area contributed by atoms with Gasteiger partial charge < -0.3 is 15.2 Å². The fraction of sp³-hybridized carbons (Fsp3) is 0.538. The Kier molecular flexibility index (Phi) is 4.47. The topological polar surface area (TPSA) is 44.5 Å². The molecule has 16 heavy (non-hydrogen) atoms. The van der Waals surface area contributed by atoms with Gasteiger partial charge in [0.05, 0.1) is 6.04 Å². The van der Waals surface area contributed by atoms with Gasteiger partial charge in [-0.3, -0.25) is 0 Å². The van der Waals surface area contributed by atoms with Crippen molar-refractivity contribution < 1.29 is 9.47 Å². The fourth-order valence-electron chi connectivity index (χ4n) is 1.88. The molecule has 0 fully saturated rings. The number of rotatable bonds is 4. The Hall–Kier alpha value is -0.900. The summed E-state index contributed by atoms with van der Waals surface area (Å²) in [6, 6.07) is 4.00. The van der Waals surface area contributed by atoms with Crippen LogP contribution in [0.4, 0.5) is 0 Å². The Labute approximate surface area is 97.6 Å². The summed E-state index contributed by atoms with van der Waals surface area (Å²) in [6.45, 7) is 6.24. The molecular weight excluding hydrogens is 202 g/mol.